The Kier molecular flexibility index (Phi) is 5.96. The first-order valence-corrected chi connectivity index (χ1v) is 6.93. The molecule has 0 aromatic carbocycles. The molecule has 1 rings (SSSR count). The van der Waals surface area contributed by atoms with Crippen molar-refractivity contribution in [2.45, 2.75) is 39.5 Å². The van der Waals surface area contributed by atoms with Crippen molar-refractivity contribution in [2.75, 3.05) is 33.7 Å². The van der Waals surface area contributed by atoms with Crippen molar-refractivity contribution in [3.63, 3.8) is 0 Å². The van der Waals surface area contributed by atoms with E-state index in [9.17, 15) is 4.79 Å². The third kappa shape index (κ3) is 5.07. The number of nitrogens with zero attached hydrogens (tertiary/aromatic N) is 2. The van der Waals surface area contributed by atoms with Crippen LogP contribution in [0.1, 0.15) is 39.5 Å². The molecule has 0 aliphatic carbocycles. The van der Waals surface area contributed by atoms with E-state index in [4.69, 9.17) is 0 Å². The van der Waals surface area contributed by atoms with Gasteiger partial charge in [-0.1, -0.05) is 13.8 Å². The fraction of sp³-hybridized carbons (Fsp3) is 0.929. The first-order chi connectivity index (χ1) is 8.00. The van der Waals surface area contributed by atoms with E-state index in [1.165, 1.54) is 12.8 Å². The molecule has 100 valence electrons. The first-order valence-electron chi connectivity index (χ1n) is 6.93. The van der Waals surface area contributed by atoms with Gasteiger partial charge in [0.2, 0.25) is 5.91 Å². The van der Waals surface area contributed by atoms with Gasteiger partial charge in [0.05, 0.1) is 0 Å². The van der Waals surface area contributed by atoms with Crippen LogP contribution in [0.4, 0.5) is 0 Å². The highest BCUT2D eigenvalue weighted by Crippen LogP contribution is 2.23. The highest BCUT2D eigenvalue weighted by molar-refractivity contribution is 5.76. The minimum absolute atomic E-state index is 0.359. The number of likely N-dealkylation sites (tertiary alicyclic amines) is 1. The second-order valence-corrected chi connectivity index (χ2v) is 5.89. The molecule has 1 aliphatic heterocycles. The van der Waals surface area contributed by atoms with Gasteiger partial charge >= 0.3 is 0 Å². The molecule has 0 aromatic rings. The van der Waals surface area contributed by atoms with Gasteiger partial charge in [0, 0.05) is 19.5 Å². The van der Waals surface area contributed by atoms with E-state index in [0.29, 0.717) is 24.2 Å². The number of carbonyl (C=O) groups excluding carboxylic acids is 1. The summed E-state index contributed by atoms with van der Waals surface area (Å²) in [5.41, 5.74) is 0. The highest BCUT2D eigenvalue weighted by atomic mass is 16.2. The molecular weight excluding hydrogens is 212 g/mol. The molecule has 1 fully saturated rings. The molecule has 1 amide bonds. The topological polar surface area (TPSA) is 23.6 Å². The number of amides is 1. The van der Waals surface area contributed by atoms with Crippen molar-refractivity contribution >= 4 is 5.91 Å². The Balaban J connectivity index is 2.31. The summed E-state index contributed by atoms with van der Waals surface area (Å²) in [5.74, 6) is 1.77. The average molecular weight is 240 g/mol. The predicted octanol–water partition coefficient (Wildman–Crippen LogP) is 2.22. The molecule has 3 heteroatoms. The van der Waals surface area contributed by atoms with Crippen LogP contribution in [0.15, 0.2) is 0 Å². The number of carbonyl (C=O) groups is 1. The van der Waals surface area contributed by atoms with Gasteiger partial charge in [0.25, 0.3) is 0 Å². The fourth-order valence-corrected chi connectivity index (χ4v) is 2.49. The maximum Gasteiger partial charge on any atom is 0.222 e. The van der Waals surface area contributed by atoms with E-state index >= 15 is 0 Å². The molecule has 0 N–H and O–H groups in total. The first kappa shape index (κ1) is 14.5. The van der Waals surface area contributed by atoms with Crippen LogP contribution in [0.5, 0.6) is 0 Å². The van der Waals surface area contributed by atoms with Crippen LogP contribution in [-0.2, 0) is 4.79 Å². The molecule has 0 aromatic heterocycles. The predicted molar refractivity (Wildman–Crippen MR) is 71.9 cm³/mol. The lowest BCUT2D eigenvalue weighted by Gasteiger charge is -2.35. The largest absolute Gasteiger partial charge is 0.342 e. The summed E-state index contributed by atoms with van der Waals surface area (Å²) >= 11 is 0. The van der Waals surface area contributed by atoms with Gasteiger partial charge in [-0.05, 0) is 51.7 Å². The summed E-state index contributed by atoms with van der Waals surface area (Å²) < 4.78 is 0. The maximum absolute atomic E-state index is 12.1. The molecule has 3 nitrogen and oxygen atoms in total. The molecule has 1 heterocycles. The Labute approximate surface area is 106 Å². The van der Waals surface area contributed by atoms with Crippen LogP contribution in [0.2, 0.25) is 0 Å². The molecule has 1 atom stereocenters. The SMILES string of the molecule is CC(C)C1CCCN(C(=O)CCCN(C)C)C1. The Morgan fingerprint density at radius 1 is 1.41 bits per heavy atom. The summed E-state index contributed by atoms with van der Waals surface area (Å²) in [7, 11) is 4.11. The zero-order valence-corrected chi connectivity index (χ0v) is 11.9. The van der Waals surface area contributed by atoms with E-state index in [-0.39, 0.29) is 0 Å². The third-order valence-corrected chi connectivity index (χ3v) is 3.75. The molecule has 0 radical (unpaired) electrons. The van der Waals surface area contributed by atoms with E-state index < -0.39 is 0 Å². The Bertz CT molecular complexity index is 238. The maximum atomic E-state index is 12.1. The van der Waals surface area contributed by atoms with Gasteiger partial charge in [-0.25, -0.2) is 0 Å². The van der Waals surface area contributed by atoms with Gasteiger partial charge in [0.15, 0.2) is 0 Å². The van der Waals surface area contributed by atoms with E-state index in [2.05, 4.69) is 37.7 Å². The summed E-state index contributed by atoms with van der Waals surface area (Å²) in [6.07, 6.45) is 4.17. The molecule has 1 aliphatic rings. The lowest BCUT2D eigenvalue weighted by Crippen LogP contribution is -2.41. The van der Waals surface area contributed by atoms with Crippen LogP contribution in [0, 0.1) is 11.8 Å². The van der Waals surface area contributed by atoms with E-state index in [1.807, 2.05) is 0 Å². The Hall–Kier alpha value is -0.570. The second-order valence-electron chi connectivity index (χ2n) is 5.89. The normalized spacial score (nSPS) is 21.3. The summed E-state index contributed by atoms with van der Waals surface area (Å²) in [6.45, 7) is 7.51. The summed E-state index contributed by atoms with van der Waals surface area (Å²) in [5, 5.41) is 0. The third-order valence-electron chi connectivity index (χ3n) is 3.75. The van der Waals surface area contributed by atoms with Crippen LogP contribution in [0.25, 0.3) is 0 Å². The minimum atomic E-state index is 0.359. The molecular formula is C14H28N2O. The Morgan fingerprint density at radius 2 is 2.12 bits per heavy atom. The quantitative estimate of drug-likeness (QED) is 0.735. The summed E-state index contributed by atoms with van der Waals surface area (Å²) in [6, 6.07) is 0. The van der Waals surface area contributed by atoms with Gasteiger partial charge in [-0.15, -0.1) is 0 Å². The lowest BCUT2D eigenvalue weighted by molar-refractivity contribution is -0.133. The van der Waals surface area contributed by atoms with Crippen LogP contribution < -0.4 is 0 Å². The van der Waals surface area contributed by atoms with Gasteiger partial charge in [-0.2, -0.15) is 0 Å². The zero-order valence-electron chi connectivity index (χ0n) is 11.9. The number of rotatable bonds is 5. The average Bonchev–Trinajstić information content (AvgIpc) is 2.28. The van der Waals surface area contributed by atoms with E-state index in [1.54, 1.807) is 0 Å². The minimum Gasteiger partial charge on any atom is -0.342 e. The standard InChI is InChI=1S/C14H28N2O/c1-12(2)13-7-5-10-16(11-13)14(17)8-6-9-15(3)4/h12-13H,5-11H2,1-4H3. The van der Waals surface area contributed by atoms with Crippen molar-refractivity contribution < 1.29 is 4.79 Å². The van der Waals surface area contributed by atoms with Crippen molar-refractivity contribution in [1.82, 2.24) is 9.80 Å². The lowest BCUT2D eigenvalue weighted by atomic mass is 9.88. The van der Waals surface area contributed by atoms with Crippen molar-refractivity contribution in [1.29, 1.82) is 0 Å². The monoisotopic (exact) mass is 240 g/mol. The van der Waals surface area contributed by atoms with Crippen LogP contribution in [0.3, 0.4) is 0 Å². The molecule has 17 heavy (non-hydrogen) atoms. The van der Waals surface area contributed by atoms with Crippen LogP contribution >= 0.6 is 0 Å². The second kappa shape index (κ2) is 7.00. The number of hydrogen-bond donors (Lipinski definition) is 0. The van der Waals surface area contributed by atoms with Gasteiger partial charge < -0.3 is 9.80 Å². The van der Waals surface area contributed by atoms with Crippen molar-refractivity contribution in [3.8, 4) is 0 Å². The van der Waals surface area contributed by atoms with Crippen molar-refractivity contribution in [2.24, 2.45) is 11.8 Å². The molecule has 0 saturated carbocycles. The van der Waals surface area contributed by atoms with Crippen molar-refractivity contribution in [3.05, 3.63) is 0 Å². The summed E-state index contributed by atoms with van der Waals surface area (Å²) in [4.78, 5) is 16.3. The molecule has 1 unspecified atom stereocenters. The molecule has 1 saturated heterocycles. The van der Waals surface area contributed by atoms with Crippen LogP contribution in [-0.4, -0.2) is 49.4 Å². The van der Waals surface area contributed by atoms with E-state index in [0.717, 1.165) is 26.1 Å². The smallest absolute Gasteiger partial charge is 0.222 e. The number of hydrogen-bond acceptors (Lipinski definition) is 2. The van der Waals surface area contributed by atoms with Gasteiger partial charge in [0.1, 0.15) is 0 Å². The highest BCUT2D eigenvalue weighted by Gasteiger charge is 2.24. The molecule has 0 bridgehead atoms. The zero-order chi connectivity index (χ0) is 12.8. The molecule has 0 spiro atoms. The number of piperidine rings is 1. The Morgan fingerprint density at radius 3 is 2.71 bits per heavy atom. The fourth-order valence-electron chi connectivity index (χ4n) is 2.49. The van der Waals surface area contributed by atoms with Gasteiger partial charge in [-0.3, -0.25) is 4.79 Å².